The number of hydrogen-bond acceptors (Lipinski definition) is 0. The van der Waals surface area contributed by atoms with Crippen molar-refractivity contribution in [1.29, 1.82) is 0 Å². The van der Waals surface area contributed by atoms with Crippen molar-refractivity contribution in [1.82, 2.24) is 0 Å². The fraction of sp³-hybridized carbons (Fsp3) is 1.00. The van der Waals surface area contributed by atoms with Crippen LogP contribution in [0.25, 0.3) is 0 Å². The normalized spacial score (nSPS) is 20.2. The summed E-state index contributed by atoms with van der Waals surface area (Å²) in [5.41, 5.74) is 0. The summed E-state index contributed by atoms with van der Waals surface area (Å²) in [4.78, 5) is 0. The molecule has 0 N–H and O–H groups in total. The predicted octanol–water partition coefficient (Wildman–Crippen LogP) is 3.04. The van der Waals surface area contributed by atoms with Gasteiger partial charge < -0.3 is 0 Å². The molecule has 0 heterocycles. The Kier molecular flexibility index (Phi) is 5.59. The summed E-state index contributed by atoms with van der Waals surface area (Å²) in [6.07, 6.45) is 2.65. The van der Waals surface area contributed by atoms with Crippen LogP contribution in [0.5, 0.6) is 0 Å². The molecular formula is C9H19Li. The number of hydrogen-bond donors (Lipinski definition) is 0. The van der Waals surface area contributed by atoms with Gasteiger partial charge in [-0.1, -0.05) is 0 Å². The summed E-state index contributed by atoms with van der Waals surface area (Å²) >= 11 is 2.38. The molecule has 1 heteroatoms. The van der Waals surface area contributed by atoms with E-state index in [-0.39, 0.29) is 0 Å². The van der Waals surface area contributed by atoms with E-state index in [4.69, 9.17) is 0 Å². The Balaban J connectivity index is 3.69. The fourth-order valence-corrected chi connectivity index (χ4v) is 1.30. The van der Waals surface area contributed by atoms with Crippen molar-refractivity contribution in [3.05, 3.63) is 0 Å². The average molecular weight is 134 g/mol. The molecule has 0 amide bonds. The third kappa shape index (κ3) is 3.13. The second kappa shape index (κ2) is 5.27. The number of rotatable bonds is 4. The summed E-state index contributed by atoms with van der Waals surface area (Å²) in [7, 11) is 0. The van der Waals surface area contributed by atoms with Crippen LogP contribution in [0.3, 0.4) is 0 Å². The first-order chi connectivity index (χ1) is 4.63. The first-order valence-electron chi connectivity index (χ1n) is 4.63. The van der Waals surface area contributed by atoms with Crippen LogP contribution in [0.15, 0.2) is 0 Å². The van der Waals surface area contributed by atoms with E-state index in [1.165, 1.54) is 12.8 Å². The summed E-state index contributed by atoms with van der Waals surface area (Å²) in [6.45, 7) is 9.28. The van der Waals surface area contributed by atoms with E-state index in [9.17, 15) is 0 Å². The van der Waals surface area contributed by atoms with Crippen molar-refractivity contribution >= 4 is 17.7 Å². The molecular weight excluding hydrogens is 115 g/mol. The Morgan fingerprint density at radius 2 is 1.30 bits per heavy atom. The van der Waals surface area contributed by atoms with Crippen molar-refractivity contribution in [2.75, 3.05) is 0 Å². The second-order valence-electron chi connectivity index (χ2n) is 3.63. The molecule has 2 unspecified atom stereocenters. The van der Waals surface area contributed by atoms with Gasteiger partial charge in [0.2, 0.25) is 0 Å². The molecule has 0 spiro atoms. The maximum absolute atomic E-state index is 2.38. The second-order valence-corrected chi connectivity index (χ2v) is 3.63. The zero-order valence-corrected chi connectivity index (χ0v) is 8.15. The zero-order chi connectivity index (χ0) is 8.15. The van der Waals surface area contributed by atoms with E-state index < -0.39 is 0 Å². The molecule has 0 aromatic carbocycles. The molecule has 10 heavy (non-hydrogen) atoms. The van der Waals surface area contributed by atoms with Gasteiger partial charge in [-0.2, -0.15) is 0 Å². The Hall–Kier alpha value is 0.597. The van der Waals surface area contributed by atoms with Gasteiger partial charge in [-0.05, 0) is 0 Å². The van der Waals surface area contributed by atoms with Crippen LogP contribution < -0.4 is 0 Å². The molecule has 0 aromatic rings. The van der Waals surface area contributed by atoms with Crippen LogP contribution >= 0.6 is 0 Å². The van der Waals surface area contributed by atoms with Crippen LogP contribution in [-0.2, 0) is 0 Å². The Morgan fingerprint density at radius 1 is 1.00 bits per heavy atom. The molecule has 0 bridgehead atoms. The molecule has 0 fully saturated rings. The van der Waals surface area contributed by atoms with E-state index in [2.05, 4.69) is 45.4 Å². The van der Waals surface area contributed by atoms with E-state index in [0.717, 1.165) is 16.4 Å². The molecule has 2 atom stereocenters. The van der Waals surface area contributed by atoms with Gasteiger partial charge in [0.15, 0.2) is 0 Å². The third-order valence-corrected chi connectivity index (χ3v) is 3.08. The molecule has 56 valence electrons. The summed E-state index contributed by atoms with van der Waals surface area (Å²) in [5.74, 6) is 1.80. The van der Waals surface area contributed by atoms with E-state index in [1.807, 2.05) is 0 Å². The third-order valence-electron chi connectivity index (χ3n) is 3.08. The molecule has 0 saturated heterocycles. The van der Waals surface area contributed by atoms with Crippen molar-refractivity contribution < 1.29 is 0 Å². The van der Waals surface area contributed by atoms with Gasteiger partial charge in [0.25, 0.3) is 0 Å². The maximum atomic E-state index is 2.38. The Bertz CT molecular complexity index is 70.8. The van der Waals surface area contributed by atoms with Gasteiger partial charge in [0.1, 0.15) is 0 Å². The molecule has 0 radical (unpaired) electrons. The van der Waals surface area contributed by atoms with Crippen LogP contribution in [0.2, 0.25) is 4.59 Å². The van der Waals surface area contributed by atoms with Gasteiger partial charge in [-0.3, -0.25) is 0 Å². The Morgan fingerprint density at radius 3 is 1.50 bits per heavy atom. The van der Waals surface area contributed by atoms with Crippen LogP contribution in [0.1, 0.15) is 40.5 Å². The van der Waals surface area contributed by atoms with Crippen LogP contribution in [-0.4, -0.2) is 17.7 Å². The Labute approximate surface area is 75.0 Å². The van der Waals surface area contributed by atoms with Gasteiger partial charge in [0.05, 0.1) is 0 Å². The van der Waals surface area contributed by atoms with Gasteiger partial charge in [-0.25, -0.2) is 0 Å². The minimum atomic E-state index is 0.898. The fourth-order valence-electron chi connectivity index (χ4n) is 1.30. The zero-order valence-electron chi connectivity index (χ0n) is 8.15. The molecule has 0 nitrogen and oxygen atoms in total. The van der Waals surface area contributed by atoms with Crippen molar-refractivity contribution in [3.8, 4) is 0 Å². The van der Waals surface area contributed by atoms with Crippen molar-refractivity contribution in [2.24, 2.45) is 11.8 Å². The van der Waals surface area contributed by atoms with Gasteiger partial charge in [-0.15, -0.1) is 0 Å². The SMILES string of the molecule is [Li][CH](C(C)CC)C(C)CC. The summed E-state index contributed by atoms with van der Waals surface area (Å²) in [6, 6.07) is 0. The average Bonchev–Trinajstić information content (AvgIpc) is 2.00. The van der Waals surface area contributed by atoms with Gasteiger partial charge >= 0.3 is 74.7 Å². The van der Waals surface area contributed by atoms with E-state index in [0.29, 0.717) is 0 Å². The minimum absolute atomic E-state index is 0.898. The molecule has 0 saturated carbocycles. The molecule has 0 aromatic heterocycles. The summed E-state index contributed by atoms with van der Waals surface area (Å²) in [5, 5.41) is 0. The van der Waals surface area contributed by atoms with E-state index >= 15 is 0 Å². The van der Waals surface area contributed by atoms with Gasteiger partial charge in [0, 0.05) is 0 Å². The topological polar surface area (TPSA) is 0 Å². The van der Waals surface area contributed by atoms with E-state index in [1.54, 1.807) is 0 Å². The molecule has 0 aliphatic rings. The standard InChI is InChI=1S/C9H19.Li/c1-5-8(3)7-9(4)6-2;/h7-9H,5-6H2,1-4H3;. The van der Waals surface area contributed by atoms with Crippen LogP contribution in [0.4, 0.5) is 0 Å². The van der Waals surface area contributed by atoms with Crippen LogP contribution in [0, 0.1) is 11.8 Å². The monoisotopic (exact) mass is 134 g/mol. The predicted molar refractivity (Wildman–Crippen MR) is 48.4 cm³/mol. The molecule has 0 aliphatic heterocycles. The summed E-state index contributed by atoms with van der Waals surface area (Å²) < 4.78 is 0.898. The van der Waals surface area contributed by atoms with Crippen molar-refractivity contribution in [3.63, 3.8) is 0 Å². The van der Waals surface area contributed by atoms with Crippen molar-refractivity contribution in [2.45, 2.75) is 45.1 Å². The first-order valence-corrected chi connectivity index (χ1v) is 4.63. The quantitative estimate of drug-likeness (QED) is 0.518. The molecule has 0 rings (SSSR count). The molecule has 0 aliphatic carbocycles. The first kappa shape index (κ1) is 10.6.